The molecular formula is C23H25F3O2. The van der Waals surface area contributed by atoms with Crippen molar-refractivity contribution in [1.82, 2.24) is 0 Å². The Labute approximate surface area is 163 Å². The fourth-order valence-corrected chi connectivity index (χ4v) is 4.06. The van der Waals surface area contributed by atoms with E-state index in [9.17, 15) is 18.0 Å². The van der Waals surface area contributed by atoms with E-state index in [1.54, 1.807) is 0 Å². The second-order valence-electron chi connectivity index (χ2n) is 8.90. The molecule has 0 heterocycles. The number of carbonyl (C=O) groups is 1. The van der Waals surface area contributed by atoms with Crippen LogP contribution in [0.15, 0.2) is 30.3 Å². The predicted octanol–water partition coefficient (Wildman–Crippen LogP) is 6.72. The van der Waals surface area contributed by atoms with Gasteiger partial charge in [-0.05, 0) is 71.0 Å². The summed E-state index contributed by atoms with van der Waals surface area (Å²) in [4.78, 5) is 11.1. The predicted molar refractivity (Wildman–Crippen MR) is 104 cm³/mol. The van der Waals surface area contributed by atoms with Crippen molar-refractivity contribution in [3.63, 3.8) is 0 Å². The van der Waals surface area contributed by atoms with Crippen LogP contribution in [-0.4, -0.2) is 12.6 Å². The van der Waals surface area contributed by atoms with E-state index in [1.807, 2.05) is 13.0 Å². The Hall–Kier alpha value is -2.30. The summed E-state index contributed by atoms with van der Waals surface area (Å²) in [6.07, 6.45) is -2.26. The average molecular weight is 390 g/mol. The van der Waals surface area contributed by atoms with Crippen LogP contribution in [0.5, 0.6) is 5.75 Å². The van der Waals surface area contributed by atoms with Crippen molar-refractivity contribution in [1.29, 1.82) is 0 Å². The van der Waals surface area contributed by atoms with Gasteiger partial charge in [0.1, 0.15) is 12.0 Å². The van der Waals surface area contributed by atoms with E-state index in [1.165, 1.54) is 17.7 Å². The minimum absolute atomic E-state index is 0.0147. The molecule has 2 aromatic carbocycles. The van der Waals surface area contributed by atoms with E-state index in [0.29, 0.717) is 17.4 Å². The van der Waals surface area contributed by atoms with Gasteiger partial charge in [-0.2, -0.15) is 0 Å². The molecule has 3 rings (SSSR count). The van der Waals surface area contributed by atoms with Crippen LogP contribution in [0.3, 0.4) is 0 Å². The number of fused-ring (bicyclic) bond motifs is 1. The number of hydrogen-bond acceptors (Lipinski definition) is 2. The first-order valence-electron chi connectivity index (χ1n) is 9.35. The monoisotopic (exact) mass is 390 g/mol. The zero-order valence-electron chi connectivity index (χ0n) is 16.8. The van der Waals surface area contributed by atoms with Crippen molar-refractivity contribution in [2.75, 3.05) is 0 Å². The van der Waals surface area contributed by atoms with Gasteiger partial charge in [0.15, 0.2) is 0 Å². The SMILES string of the molecule is Cc1cc2c(cc1-c1ccc(C=O)cc1OC(F)(F)F)C(C)(C)CCC2(C)C. The lowest BCUT2D eigenvalue weighted by Gasteiger charge is -2.42. The molecule has 1 aliphatic rings. The highest BCUT2D eigenvalue weighted by molar-refractivity contribution is 5.82. The van der Waals surface area contributed by atoms with Gasteiger partial charge in [-0.1, -0.05) is 39.8 Å². The largest absolute Gasteiger partial charge is 0.573 e. The third kappa shape index (κ3) is 3.80. The normalized spacial score (nSPS) is 17.7. The lowest BCUT2D eigenvalue weighted by atomic mass is 9.62. The van der Waals surface area contributed by atoms with E-state index in [0.717, 1.165) is 30.0 Å². The molecular weight excluding hydrogens is 365 g/mol. The van der Waals surface area contributed by atoms with Crippen molar-refractivity contribution in [2.24, 2.45) is 0 Å². The number of aldehydes is 1. The summed E-state index contributed by atoms with van der Waals surface area (Å²) in [7, 11) is 0. The summed E-state index contributed by atoms with van der Waals surface area (Å²) >= 11 is 0. The van der Waals surface area contributed by atoms with Crippen LogP contribution < -0.4 is 4.74 Å². The zero-order valence-corrected chi connectivity index (χ0v) is 16.8. The molecule has 2 aromatic rings. The molecule has 0 unspecified atom stereocenters. The molecule has 0 saturated carbocycles. The van der Waals surface area contributed by atoms with Gasteiger partial charge in [-0.3, -0.25) is 4.79 Å². The fourth-order valence-electron chi connectivity index (χ4n) is 4.06. The van der Waals surface area contributed by atoms with Gasteiger partial charge in [0.25, 0.3) is 0 Å². The van der Waals surface area contributed by atoms with Crippen molar-refractivity contribution in [2.45, 2.75) is 64.7 Å². The lowest BCUT2D eigenvalue weighted by molar-refractivity contribution is -0.274. The Morgan fingerprint density at radius 3 is 2.04 bits per heavy atom. The van der Waals surface area contributed by atoms with Gasteiger partial charge in [-0.15, -0.1) is 13.2 Å². The van der Waals surface area contributed by atoms with E-state index >= 15 is 0 Å². The second kappa shape index (κ2) is 6.64. The molecule has 0 fully saturated rings. The summed E-state index contributed by atoms with van der Waals surface area (Å²) in [6, 6.07) is 8.28. The van der Waals surface area contributed by atoms with Gasteiger partial charge in [0, 0.05) is 11.1 Å². The molecule has 5 heteroatoms. The molecule has 1 aliphatic carbocycles. The Kier molecular flexibility index (Phi) is 4.85. The minimum atomic E-state index is -4.83. The standard InChI is InChI=1S/C23H25F3O2/c1-14-10-18-19(22(4,5)9-8-21(18,2)3)12-17(14)16-7-6-15(13-27)11-20(16)28-23(24,25)26/h6-7,10-13H,8-9H2,1-5H3. The smallest absolute Gasteiger partial charge is 0.405 e. The number of ether oxygens (including phenoxy) is 1. The number of halogens is 3. The maximum Gasteiger partial charge on any atom is 0.573 e. The van der Waals surface area contributed by atoms with Crippen LogP contribution in [0.4, 0.5) is 13.2 Å². The number of aryl methyl sites for hydroxylation is 1. The van der Waals surface area contributed by atoms with E-state index in [4.69, 9.17) is 0 Å². The van der Waals surface area contributed by atoms with Crippen LogP contribution >= 0.6 is 0 Å². The van der Waals surface area contributed by atoms with Gasteiger partial charge >= 0.3 is 6.36 Å². The van der Waals surface area contributed by atoms with Gasteiger partial charge < -0.3 is 4.74 Å². The summed E-state index contributed by atoms with van der Waals surface area (Å²) in [5.41, 5.74) is 4.40. The number of carbonyl (C=O) groups excluding carboxylic acids is 1. The lowest BCUT2D eigenvalue weighted by Crippen LogP contribution is -2.34. The molecule has 0 radical (unpaired) electrons. The Morgan fingerprint density at radius 2 is 1.50 bits per heavy atom. The molecule has 0 aliphatic heterocycles. The minimum Gasteiger partial charge on any atom is -0.405 e. The Bertz CT molecular complexity index is 924. The van der Waals surface area contributed by atoms with Crippen molar-refractivity contribution in [3.05, 3.63) is 52.6 Å². The van der Waals surface area contributed by atoms with Crippen LogP contribution in [0.2, 0.25) is 0 Å². The van der Waals surface area contributed by atoms with E-state index in [-0.39, 0.29) is 22.1 Å². The molecule has 0 N–H and O–H groups in total. The zero-order chi connectivity index (χ0) is 20.9. The van der Waals surface area contributed by atoms with E-state index < -0.39 is 6.36 Å². The fraction of sp³-hybridized carbons (Fsp3) is 0.435. The highest BCUT2D eigenvalue weighted by atomic mass is 19.4. The van der Waals surface area contributed by atoms with Crippen molar-refractivity contribution >= 4 is 6.29 Å². The summed E-state index contributed by atoms with van der Waals surface area (Å²) in [5.74, 6) is -0.354. The first-order chi connectivity index (χ1) is 12.8. The third-order valence-corrected chi connectivity index (χ3v) is 5.86. The molecule has 0 atom stereocenters. The van der Waals surface area contributed by atoms with Gasteiger partial charge in [0.05, 0.1) is 0 Å². The highest BCUT2D eigenvalue weighted by Gasteiger charge is 2.38. The maximum absolute atomic E-state index is 13.0. The molecule has 2 nitrogen and oxygen atoms in total. The molecule has 28 heavy (non-hydrogen) atoms. The highest BCUT2D eigenvalue weighted by Crippen LogP contribution is 2.48. The molecule has 0 saturated heterocycles. The van der Waals surface area contributed by atoms with Crippen LogP contribution in [0, 0.1) is 6.92 Å². The molecule has 0 aromatic heterocycles. The Morgan fingerprint density at radius 1 is 0.929 bits per heavy atom. The first kappa shape index (κ1) is 20.4. The topological polar surface area (TPSA) is 26.3 Å². The van der Waals surface area contributed by atoms with Gasteiger partial charge in [-0.25, -0.2) is 0 Å². The van der Waals surface area contributed by atoms with Crippen molar-refractivity contribution < 1.29 is 22.7 Å². The van der Waals surface area contributed by atoms with Crippen LogP contribution in [-0.2, 0) is 10.8 Å². The molecule has 0 amide bonds. The maximum atomic E-state index is 13.0. The van der Waals surface area contributed by atoms with Crippen molar-refractivity contribution in [3.8, 4) is 16.9 Å². The first-order valence-corrected chi connectivity index (χ1v) is 9.35. The average Bonchev–Trinajstić information content (AvgIpc) is 2.57. The molecule has 0 bridgehead atoms. The van der Waals surface area contributed by atoms with Crippen LogP contribution in [0.1, 0.15) is 67.6 Å². The van der Waals surface area contributed by atoms with Crippen LogP contribution in [0.25, 0.3) is 11.1 Å². The number of benzene rings is 2. The molecule has 0 spiro atoms. The molecule has 150 valence electrons. The van der Waals surface area contributed by atoms with E-state index in [2.05, 4.69) is 38.5 Å². The third-order valence-electron chi connectivity index (χ3n) is 5.86. The summed E-state index contributed by atoms with van der Waals surface area (Å²) in [6.45, 7) is 10.7. The Balaban J connectivity index is 2.24. The number of alkyl halides is 3. The number of hydrogen-bond donors (Lipinski definition) is 0. The summed E-state index contributed by atoms with van der Waals surface area (Å²) in [5, 5.41) is 0. The summed E-state index contributed by atoms with van der Waals surface area (Å²) < 4.78 is 43.1. The quantitative estimate of drug-likeness (QED) is 0.544. The van der Waals surface area contributed by atoms with Gasteiger partial charge in [0.2, 0.25) is 0 Å². The number of rotatable bonds is 3. The second-order valence-corrected chi connectivity index (χ2v) is 8.90.